The van der Waals surface area contributed by atoms with Crippen LogP contribution in [0.25, 0.3) is 10.2 Å². The lowest BCUT2D eigenvalue weighted by molar-refractivity contribution is -0.158. The summed E-state index contributed by atoms with van der Waals surface area (Å²) in [6.45, 7) is 4.12. The minimum Gasteiger partial charge on any atom is -0.375 e. The van der Waals surface area contributed by atoms with Crippen LogP contribution < -0.4 is 15.8 Å². The molecule has 5 rings (SSSR count). The summed E-state index contributed by atoms with van der Waals surface area (Å²) in [4.78, 5) is 48.3. The maximum absolute atomic E-state index is 14.1. The Labute approximate surface area is 248 Å². The van der Waals surface area contributed by atoms with Crippen molar-refractivity contribution in [1.29, 1.82) is 0 Å². The third kappa shape index (κ3) is 5.84. The molecule has 2 aromatic carbocycles. The number of hydrogen-bond donors (Lipinski definition) is 3. The summed E-state index contributed by atoms with van der Waals surface area (Å²) in [5.74, 6) is -0.478. The summed E-state index contributed by atoms with van der Waals surface area (Å²) in [5.41, 5.74) is 8.68. The fourth-order valence-electron chi connectivity index (χ4n) is 5.63. The number of hydrogen-bond acceptors (Lipinski definition) is 9. The zero-order valence-electron chi connectivity index (χ0n) is 23.8. The highest BCUT2D eigenvalue weighted by Crippen LogP contribution is 2.33. The summed E-state index contributed by atoms with van der Waals surface area (Å²) < 4.78 is 26.6. The summed E-state index contributed by atoms with van der Waals surface area (Å²) in [7, 11) is -1.91. The number of para-hydroxylation sites is 1. The van der Waals surface area contributed by atoms with E-state index in [9.17, 15) is 22.8 Å². The number of urea groups is 1. The number of sulfonamides is 1. The van der Waals surface area contributed by atoms with E-state index in [2.05, 4.69) is 15.0 Å². The van der Waals surface area contributed by atoms with Gasteiger partial charge >= 0.3 is 6.03 Å². The fourth-order valence-corrected chi connectivity index (χ4v) is 6.97. The minimum atomic E-state index is -3.45. The van der Waals surface area contributed by atoms with E-state index in [1.807, 2.05) is 32.0 Å². The van der Waals surface area contributed by atoms with Crippen LogP contribution in [0.3, 0.4) is 0 Å². The highest BCUT2D eigenvalue weighted by Gasteiger charge is 2.52. The number of benzene rings is 2. The Balaban J connectivity index is 1.50. The molecule has 0 spiro atoms. The molecular weight excluding hydrogens is 580 g/mol. The number of nitrogens with one attached hydrogen (secondary N) is 2. The number of carbonyl (C=O) groups excluding carboxylic acids is 3. The number of nitrogen functional groups attached to an aromatic ring is 1. The molecule has 3 aromatic rings. The van der Waals surface area contributed by atoms with Crippen LogP contribution in [0.15, 0.2) is 42.5 Å². The van der Waals surface area contributed by atoms with Crippen LogP contribution in [0.5, 0.6) is 0 Å². The topological polar surface area (TPSA) is 161 Å². The largest absolute Gasteiger partial charge is 0.375 e. The SMILES string of the molecule is CNC(=O)N(C(C)C)N1CC(=O)N2[C@@H](Cc3ccc(NS(C)(=O)=O)cc3)C(=O)N(Cc3cccc4sc(N)nc34)C[C@@H]21. The van der Waals surface area contributed by atoms with E-state index >= 15 is 0 Å². The second-order valence-electron chi connectivity index (χ2n) is 10.7. The molecule has 224 valence electrons. The van der Waals surface area contributed by atoms with Crippen molar-refractivity contribution in [1.82, 2.24) is 30.1 Å². The lowest BCUT2D eigenvalue weighted by Crippen LogP contribution is -2.66. The fraction of sp³-hybridized carbons (Fsp3) is 0.407. The van der Waals surface area contributed by atoms with Crippen LogP contribution in [-0.2, 0) is 32.6 Å². The average Bonchev–Trinajstić information content (AvgIpc) is 3.45. The number of fused-ring (bicyclic) bond motifs is 2. The number of anilines is 2. The molecule has 1 aromatic heterocycles. The van der Waals surface area contributed by atoms with E-state index in [0.29, 0.717) is 10.8 Å². The number of aromatic nitrogens is 1. The van der Waals surface area contributed by atoms with Gasteiger partial charge in [-0.05, 0) is 43.2 Å². The first-order valence-electron chi connectivity index (χ1n) is 13.4. The molecule has 0 bridgehead atoms. The molecule has 0 radical (unpaired) electrons. The van der Waals surface area contributed by atoms with Crippen LogP contribution in [0.1, 0.15) is 25.0 Å². The van der Waals surface area contributed by atoms with Gasteiger partial charge in [0.1, 0.15) is 12.2 Å². The molecule has 0 saturated carbocycles. The van der Waals surface area contributed by atoms with Crippen LogP contribution in [0, 0.1) is 0 Å². The Kier molecular flexibility index (Phi) is 8.00. The van der Waals surface area contributed by atoms with Gasteiger partial charge in [0, 0.05) is 31.7 Å². The number of thiazole rings is 1. The first-order chi connectivity index (χ1) is 19.9. The molecule has 13 nitrogen and oxygen atoms in total. The number of rotatable bonds is 8. The van der Waals surface area contributed by atoms with Gasteiger partial charge in [0.05, 0.1) is 29.6 Å². The Hall–Kier alpha value is -3.95. The maximum atomic E-state index is 14.1. The van der Waals surface area contributed by atoms with E-state index < -0.39 is 22.2 Å². The molecule has 2 aliphatic heterocycles. The van der Waals surface area contributed by atoms with Crippen molar-refractivity contribution < 1.29 is 22.8 Å². The predicted molar refractivity (Wildman–Crippen MR) is 161 cm³/mol. The molecule has 2 atom stereocenters. The molecule has 2 fully saturated rings. The van der Waals surface area contributed by atoms with Crippen LogP contribution >= 0.6 is 11.3 Å². The van der Waals surface area contributed by atoms with E-state index in [1.165, 1.54) is 23.4 Å². The van der Waals surface area contributed by atoms with Crippen molar-refractivity contribution in [2.24, 2.45) is 0 Å². The van der Waals surface area contributed by atoms with Gasteiger partial charge < -0.3 is 20.9 Å². The second-order valence-corrected chi connectivity index (χ2v) is 13.5. The van der Waals surface area contributed by atoms with Gasteiger partial charge in [-0.15, -0.1) is 0 Å². The van der Waals surface area contributed by atoms with Crippen molar-refractivity contribution in [2.45, 2.75) is 45.1 Å². The van der Waals surface area contributed by atoms with Gasteiger partial charge in [-0.1, -0.05) is 35.6 Å². The molecule has 2 aliphatic rings. The highest BCUT2D eigenvalue weighted by molar-refractivity contribution is 7.92. The molecule has 4 amide bonds. The number of amides is 4. The zero-order chi connectivity index (χ0) is 30.3. The lowest BCUT2D eigenvalue weighted by atomic mass is 9.99. The lowest BCUT2D eigenvalue weighted by Gasteiger charge is -2.47. The standard InChI is InChI=1S/C27H34N8O5S2/c1-16(2)35(27(38)29-3)33-15-23(36)34-20(12-17-8-10-19(11-9-17)31-42(4,39)40)25(37)32(14-22(33)34)13-18-6-5-7-21-24(18)30-26(28)41-21/h5-11,16,20,22,31H,12-15H2,1-4H3,(H2,28,30)(H,29,38)/t20-,22+/m0/s1. The van der Waals surface area contributed by atoms with Crippen molar-refractivity contribution in [3.05, 3.63) is 53.6 Å². The first kappa shape index (κ1) is 29.5. The summed E-state index contributed by atoms with van der Waals surface area (Å²) in [6, 6.07) is 11.0. The van der Waals surface area contributed by atoms with Gasteiger partial charge in [0.25, 0.3) is 0 Å². The molecular formula is C27H34N8O5S2. The molecule has 0 aliphatic carbocycles. The number of nitrogens with two attached hydrogens (primary N) is 1. The molecule has 2 saturated heterocycles. The number of piperazine rings is 1. The van der Waals surface area contributed by atoms with Gasteiger partial charge in [-0.3, -0.25) is 19.3 Å². The zero-order valence-corrected chi connectivity index (χ0v) is 25.4. The van der Waals surface area contributed by atoms with Gasteiger partial charge in [-0.2, -0.15) is 5.01 Å². The van der Waals surface area contributed by atoms with E-state index in [1.54, 1.807) is 39.1 Å². The Morgan fingerprint density at radius 2 is 1.90 bits per heavy atom. The van der Waals surface area contributed by atoms with Crippen LogP contribution in [0.2, 0.25) is 0 Å². The Morgan fingerprint density at radius 3 is 2.55 bits per heavy atom. The normalized spacial score (nSPS) is 19.5. The third-order valence-corrected chi connectivity index (χ3v) is 8.78. The Morgan fingerprint density at radius 1 is 1.19 bits per heavy atom. The summed E-state index contributed by atoms with van der Waals surface area (Å²) >= 11 is 1.37. The first-order valence-corrected chi connectivity index (χ1v) is 16.1. The van der Waals surface area contributed by atoms with Crippen LogP contribution in [0.4, 0.5) is 15.6 Å². The van der Waals surface area contributed by atoms with Gasteiger partial charge in [0.15, 0.2) is 5.13 Å². The maximum Gasteiger partial charge on any atom is 0.331 e. The van der Waals surface area contributed by atoms with E-state index in [0.717, 1.165) is 27.6 Å². The summed E-state index contributed by atoms with van der Waals surface area (Å²) in [5, 5.41) is 6.36. The number of nitrogens with zero attached hydrogens (tertiary/aromatic N) is 5. The van der Waals surface area contributed by atoms with E-state index in [4.69, 9.17) is 5.73 Å². The van der Waals surface area contributed by atoms with Crippen molar-refractivity contribution >= 4 is 60.2 Å². The predicted octanol–water partition coefficient (Wildman–Crippen LogP) is 1.64. The monoisotopic (exact) mass is 614 g/mol. The minimum absolute atomic E-state index is 0.0523. The quantitative estimate of drug-likeness (QED) is 0.345. The van der Waals surface area contributed by atoms with Gasteiger partial charge in [0.2, 0.25) is 21.8 Å². The second kappa shape index (κ2) is 11.4. The molecule has 3 heterocycles. The smallest absolute Gasteiger partial charge is 0.331 e. The Bertz CT molecular complexity index is 1620. The highest BCUT2D eigenvalue weighted by atomic mass is 32.2. The summed E-state index contributed by atoms with van der Waals surface area (Å²) in [6.07, 6.45) is 0.701. The van der Waals surface area contributed by atoms with Crippen molar-refractivity contribution in [3.8, 4) is 0 Å². The number of carbonyl (C=O) groups is 3. The van der Waals surface area contributed by atoms with Gasteiger partial charge in [-0.25, -0.2) is 18.2 Å². The molecule has 0 unspecified atom stereocenters. The van der Waals surface area contributed by atoms with Crippen LogP contribution in [-0.4, -0.2) is 95.7 Å². The molecule has 42 heavy (non-hydrogen) atoms. The average molecular weight is 615 g/mol. The van der Waals surface area contributed by atoms with E-state index in [-0.39, 0.29) is 49.9 Å². The molecule has 4 N–H and O–H groups in total. The third-order valence-electron chi connectivity index (χ3n) is 7.32. The van der Waals surface area contributed by atoms with Crippen molar-refractivity contribution in [3.63, 3.8) is 0 Å². The molecule has 15 heteroatoms. The number of hydrazine groups is 1. The van der Waals surface area contributed by atoms with Crippen molar-refractivity contribution in [2.75, 3.05) is 36.8 Å².